The third-order valence-corrected chi connectivity index (χ3v) is 7.82. The maximum atomic E-state index is 12.7. The Morgan fingerprint density at radius 2 is 1.89 bits per heavy atom. The van der Waals surface area contributed by atoms with Crippen LogP contribution in [-0.4, -0.2) is 40.2 Å². The van der Waals surface area contributed by atoms with E-state index in [2.05, 4.69) is 25.9 Å². The monoisotopic (exact) mass is 466 g/mol. The molecule has 0 spiro atoms. The fourth-order valence-electron chi connectivity index (χ4n) is 3.09. The zero-order valence-corrected chi connectivity index (χ0v) is 17.8. The van der Waals surface area contributed by atoms with E-state index in [9.17, 15) is 8.42 Å². The van der Waals surface area contributed by atoms with E-state index in [0.29, 0.717) is 18.8 Å². The molecule has 9 heteroatoms. The van der Waals surface area contributed by atoms with Gasteiger partial charge < -0.3 is 4.40 Å². The number of halogens is 1. The van der Waals surface area contributed by atoms with Crippen LogP contribution in [0.5, 0.6) is 0 Å². The largest absolute Gasteiger partial charge is 0.306 e. The first-order valence-corrected chi connectivity index (χ1v) is 12.0. The average Bonchev–Trinajstić information content (AvgIpc) is 3.09. The average molecular weight is 467 g/mol. The number of rotatable bonds is 5. The number of pyridine rings is 2. The fraction of sp³-hybridized carbons (Fsp3) is 0.333. The zero-order valence-electron chi connectivity index (χ0n) is 14.6. The van der Waals surface area contributed by atoms with E-state index >= 15 is 0 Å². The minimum Gasteiger partial charge on any atom is -0.306 e. The van der Waals surface area contributed by atoms with Crippen molar-refractivity contribution in [2.75, 3.05) is 13.1 Å². The van der Waals surface area contributed by atoms with Crippen LogP contribution >= 0.6 is 27.7 Å². The third kappa shape index (κ3) is 4.21. The van der Waals surface area contributed by atoms with E-state index in [0.717, 1.165) is 40.1 Å². The van der Waals surface area contributed by atoms with E-state index < -0.39 is 10.0 Å². The van der Waals surface area contributed by atoms with E-state index in [1.807, 2.05) is 28.9 Å². The minimum absolute atomic E-state index is 0.270. The van der Waals surface area contributed by atoms with Crippen molar-refractivity contribution in [3.05, 3.63) is 53.0 Å². The van der Waals surface area contributed by atoms with Crippen LogP contribution in [0.2, 0.25) is 0 Å². The predicted octanol–water partition coefficient (Wildman–Crippen LogP) is 3.96. The van der Waals surface area contributed by atoms with E-state index in [1.165, 1.54) is 6.20 Å². The van der Waals surface area contributed by atoms with Gasteiger partial charge in [0.15, 0.2) is 0 Å². The number of thioether (sulfide) groups is 1. The van der Waals surface area contributed by atoms with Crippen molar-refractivity contribution >= 4 is 43.4 Å². The van der Waals surface area contributed by atoms with Crippen molar-refractivity contribution in [1.82, 2.24) is 18.7 Å². The molecule has 0 atom stereocenters. The summed E-state index contributed by atoms with van der Waals surface area (Å²) in [5.74, 6) is 0.671. The third-order valence-electron chi connectivity index (χ3n) is 4.49. The summed E-state index contributed by atoms with van der Waals surface area (Å²) < 4.78 is 29.9. The van der Waals surface area contributed by atoms with Gasteiger partial charge in [-0.1, -0.05) is 18.2 Å². The Morgan fingerprint density at radius 1 is 1.07 bits per heavy atom. The standard InChI is InChI=1S/C18H19BrN4O2S2/c19-14-4-6-17-21-15(12-22(17)11-14)13-26-18-7-5-16(10-20-18)27(24,25)23-8-2-1-3-9-23/h4-7,10-12H,1-3,8-9,13H2. The number of piperidine rings is 1. The van der Waals surface area contributed by atoms with Gasteiger partial charge in [0.2, 0.25) is 10.0 Å². The molecular formula is C18H19BrN4O2S2. The summed E-state index contributed by atoms with van der Waals surface area (Å²) in [5, 5.41) is 0.783. The van der Waals surface area contributed by atoms with Gasteiger partial charge >= 0.3 is 0 Å². The van der Waals surface area contributed by atoms with Crippen LogP contribution in [0.25, 0.3) is 5.65 Å². The maximum Gasteiger partial charge on any atom is 0.244 e. The van der Waals surface area contributed by atoms with Gasteiger partial charge in [0.25, 0.3) is 0 Å². The topological polar surface area (TPSA) is 67.6 Å². The van der Waals surface area contributed by atoms with Crippen LogP contribution in [0.15, 0.2) is 57.3 Å². The van der Waals surface area contributed by atoms with Crippen LogP contribution in [-0.2, 0) is 15.8 Å². The molecule has 142 valence electrons. The van der Waals surface area contributed by atoms with Crippen LogP contribution in [0.1, 0.15) is 25.0 Å². The fourth-order valence-corrected chi connectivity index (χ4v) is 5.64. The molecule has 3 aromatic rings. The number of nitrogens with zero attached hydrogens (tertiary/aromatic N) is 4. The van der Waals surface area contributed by atoms with Crippen molar-refractivity contribution in [1.29, 1.82) is 0 Å². The van der Waals surface area contributed by atoms with Crippen molar-refractivity contribution in [3.8, 4) is 0 Å². The molecule has 0 N–H and O–H groups in total. The Morgan fingerprint density at radius 3 is 2.63 bits per heavy atom. The summed E-state index contributed by atoms with van der Waals surface area (Å²) in [6, 6.07) is 7.34. The highest BCUT2D eigenvalue weighted by molar-refractivity contribution is 9.10. The van der Waals surface area contributed by atoms with Crippen LogP contribution in [0.3, 0.4) is 0 Å². The Kier molecular flexibility index (Phi) is 5.54. The summed E-state index contributed by atoms with van der Waals surface area (Å²) in [7, 11) is -3.43. The maximum absolute atomic E-state index is 12.7. The molecule has 0 unspecified atom stereocenters. The van der Waals surface area contributed by atoms with Gasteiger partial charge in [-0.05, 0) is 53.0 Å². The highest BCUT2D eigenvalue weighted by Crippen LogP contribution is 2.24. The van der Waals surface area contributed by atoms with Gasteiger partial charge in [-0.25, -0.2) is 18.4 Å². The van der Waals surface area contributed by atoms with Crippen LogP contribution < -0.4 is 0 Å². The lowest BCUT2D eigenvalue weighted by atomic mass is 10.2. The van der Waals surface area contributed by atoms with E-state index in [1.54, 1.807) is 28.2 Å². The first kappa shape index (κ1) is 18.9. The molecule has 4 rings (SSSR count). The SMILES string of the molecule is O=S(=O)(c1ccc(SCc2cn3cc(Br)ccc3n2)nc1)N1CCCCC1. The molecule has 1 aliphatic rings. The molecule has 0 saturated carbocycles. The van der Waals surface area contributed by atoms with E-state index in [4.69, 9.17) is 0 Å². The molecule has 1 aliphatic heterocycles. The molecule has 6 nitrogen and oxygen atoms in total. The molecule has 3 aromatic heterocycles. The highest BCUT2D eigenvalue weighted by Gasteiger charge is 2.26. The zero-order chi connectivity index (χ0) is 18.9. The van der Waals surface area contributed by atoms with E-state index in [-0.39, 0.29) is 4.90 Å². The minimum atomic E-state index is -3.43. The molecule has 0 bridgehead atoms. The lowest BCUT2D eigenvalue weighted by Crippen LogP contribution is -2.35. The summed E-state index contributed by atoms with van der Waals surface area (Å²) >= 11 is 4.99. The molecule has 27 heavy (non-hydrogen) atoms. The Bertz CT molecular complexity index is 1040. The quantitative estimate of drug-likeness (QED) is 0.532. The summed E-state index contributed by atoms with van der Waals surface area (Å²) in [5.41, 5.74) is 1.84. The molecular weight excluding hydrogens is 448 g/mol. The van der Waals surface area contributed by atoms with Gasteiger partial charge in [0.1, 0.15) is 10.5 Å². The molecule has 0 aromatic carbocycles. The molecule has 0 amide bonds. The first-order valence-electron chi connectivity index (χ1n) is 8.74. The van der Waals surface area contributed by atoms with Crippen molar-refractivity contribution in [2.24, 2.45) is 0 Å². The second-order valence-corrected chi connectivity index (χ2v) is 10.3. The Labute approximate surface area is 171 Å². The number of hydrogen-bond acceptors (Lipinski definition) is 5. The van der Waals surface area contributed by atoms with Crippen molar-refractivity contribution in [2.45, 2.75) is 34.9 Å². The lowest BCUT2D eigenvalue weighted by molar-refractivity contribution is 0.346. The molecule has 1 fully saturated rings. The summed E-state index contributed by atoms with van der Waals surface area (Å²) in [6.45, 7) is 1.20. The Hall–Kier alpha value is -1.42. The number of hydrogen-bond donors (Lipinski definition) is 0. The van der Waals surface area contributed by atoms with Crippen LogP contribution in [0.4, 0.5) is 0 Å². The summed E-state index contributed by atoms with van der Waals surface area (Å²) in [4.78, 5) is 9.19. The number of fused-ring (bicyclic) bond motifs is 1. The van der Waals surface area contributed by atoms with Crippen molar-refractivity contribution in [3.63, 3.8) is 0 Å². The molecule has 4 heterocycles. The van der Waals surface area contributed by atoms with Gasteiger partial charge in [-0.3, -0.25) is 0 Å². The number of aromatic nitrogens is 3. The molecule has 0 aliphatic carbocycles. The predicted molar refractivity (Wildman–Crippen MR) is 109 cm³/mol. The number of imidazole rings is 1. The molecule has 1 saturated heterocycles. The van der Waals surface area contributed by atoms with Gasteiger partial charge in [0, 0.05) is 41.9 Å². The second-order valence-electron chi connectivity index (χ2n) is 6.43. The number of sulfonamides is 1. The van der Waals surface area contributed by atoms with Gasteiger partial charge in [0.05, 0.1) is 10.7 Å². The molecule has 0 radical (unpaired) electrons. The highest BCUT2D eigenvalue weighted by atomic mass is 79.9. The smallest absolute Gasteiger partial charge is 0.244 e. The van der Waals surface area contributed by atoms with Crippen LogP contribution in [0, 0.1) is 0 Å². The Balaban J connectivity index is 1.44. The normalized spacial score (nSPS) is 16.0. The van der Waals surface area contributed by atoms with Gasteiger partial charge in [-0.15, -0.1) is 0 Å². The summed E-state index contributed by atoms with van der Waals surface area (Å²) in [6.07, 6.45) is 8.37. The lowest BCUT2D eigenvalue weighted by Gasteiger charge is -2.25. The van der Waals surface area contributed by atoms with Crippen molar-refractivity contribution < 1.29 is 8.42 Å². The second kappa shape index (κ2) is 7.90. The van der Waals surface area contributed by atoms with Gasteiger partial charge in [-0.2, -0.15) is 4.31 Å². The first-order chi connectivity index (χ1) is 13.0.